The van der Waals surface area contributed by atoms with Crippen molar-refractivity contribution < 1.29 is 9.18 Å². The average molecular weight is 312 g/mol. The van der Waals surface area contributed by atoms with Crippen molar-refractivity contribution in [3.63, 3.8) is 0 Å². The van der Waals surface area contributed by atoms with Crippen LogP contribution in [0.3, 0.4) is 0 Å². The lowest BCUT2D eigenvalue weighted by Crippen LogP contribution is -2.43. The zero-order chi connectivity index (χ0) is 14.3. The standard InChI is InChI=1S/C15H15ClFNOS/c1-9-8-18(5-4-12(9)16)15(19)14-6-10-2-3-11(17)7-13(10)20-14/h2-3,6-7,9,12H,4-5,8H2,1H3. The van der Waals surface area contributed by atoms with Gasteiger partial charge in [0.15, 0.2) is 0 Å². The number of carbonyl (C=O) groups excluding carboxylic acids is 1. The van der Waals surface area contributed by atoms with Crippen LogP contribution in [0.4, 0.5) is 4.39 Å². The van der Waals surface area contributed by atoms with Crippen LogP contribution in [0, 0.1) is 11.7 Å². The van der Waals surface area contributed by atoms with Gasteiger partial charge in [-0.15, -0.1) is 22.9 Å². The van der Waals surface area contributed by atoms with Gasteiger partial charge in [0.25, 0.3) is 5.91 Å². The molecule has 2 atom stereocenters. The molecule has 3 rings (SSSR count). The Labute approximate surface area is 126 Å². The first kappa shape index (κ1) is 13.8. The summed E-state index contributed by atoms with van der Waals surface area (Å²) in [4.78, 5) is 15.0. The molecule has 1 aliphatic heterocycles. The van der Waals surface area contributed by atoms with Crippen molar-refractivity contribution in [2.75, 3.05) is 13.1 Å². The zero-order valence-corrected chi connectivity index (χ0v) is 12.7. The van der Waals surface area contributed by atoms with Crippen LogP contribution in [0.2, 0.25) is 0 Å². The minimum Gasteiger partial charge on any atom is -0.338 e. The van der Waals surface area contributed by atoms with E-state index in [2.05, 4.69) is 6.92 Å². The van der Waals surface area contributed by atoms with Crippen LogP contribution in [-0.2, 0) is 0 Å². The van der Waals surface area contributed by atoms with E-state index in [1.165, 1.54) is 23.5 Å². The average Bonchev–Trinajstić information content (AvgIpc) is 2.84. The number of piperidine rings is 1. The summed E-state index contributed by atoms with van der Waals surface area (Å²) in [6, 6.07) is 6.46. The molecule has 2 heterocycles. The Morgan fingerprint density at radius 2 is 2.25 bits per heavy atom. The summed E-state index contributed by atoms with van der Waals surface area (Å²) in [7, 11) is 0. The van der Waals surface area contributed by atoms with Gasteiger partial charge in [-0.3, -0.25) is 4.79 Å². The van der Waals surface area contributed by atoms with E-state index in [-0.39, 0.29) is 17.1 Å². The van der Waals surface area contributed by atoms with Gasteiger partial charge in [-0.25, -0.2) is 4.39 Å². The molecule has 1 aromatic carbocycles. The van der Waals surface area contributed by atoms with Gasteiger partial charge in [-0.2, -0.15) is 0 Å². The molecular weight excluding hydrogens is 297 g/mol. The molecule has 0 saturated carbocycles. The van der Waals surface area contributed by atoms with Crippen LogP contribution in [0.15, 0.2) is 24.3 Å². The monoisotopic (exact) mass is 311 g/mol. The van der Waals surface area contributed by atoms with Crippen molar-refractivity contribution in [2.45, 2.75) is 18.7 Å². The molecule has 1 amide bonds. The number of nitrogens with zero attached hydrogens (tertiary/aromatic N) is 1. The molecular formula is C15H15ClFNOS. The quantitative estimate of drug-likeness (QED) is 0.725. The lowest BCUT2D eigenvalue weighted by atomic mass is 9.99. The maximum absolute atomic E-state index is 13.2. The fourth-order valence-corrected chi connectivity index (χ4v) is 3.80. The third kappa shape index (κ3) is 2.54. The summed E-state index contributed by atoms with van der Waals surface area (Å²) < 4.78 is 14.0. The maximum atomic E-state index is 13.2. The highest BCUT2D eigenvalue weighted by Gasteiger charge is 2.28. The third-order valence-corrected chi connectivity index (χ3v) is 5.51. The van der Waals surface area contributed by atoms with E-state index < -0.39 is 0 Å². The minimum absolute atomic E-state index is 0.0297. The normalized spacial score (nSPS) is 23.2. The van der Waals surface area contributed by atoms with Crippen molar-refractivity contribution >= 4 is 38.9 Å². The van der Waals surface area contributed by atoms with E-state index in [1.54, 1.807) is 6.07 Å². The predicted molar refractivity (Wildman–Crippen MR) is 81.1 cm³/mol. The molecule has 2 aromatic rings. The maximum Gasteiger partial charge on any atom is 0.263 e. The van der Waals surface area contributed by atoms with Crippen molar-refractivity contribution in [3.05, 3.63) is 35.0 Å². The number of carbonyl (C=O) groups is 1. The second-order valence-electron chi connectivity index (χ2n) is 5.33. The Kier molecular flexibility index (Phi) is 3.69. The van der Waals surface area contributed by atoms with E-state index in [4.69, 9.17) is 11.6 Å². The number of amides is 1. The summed E-state index contributed by atoms with van der Waals surface area (Å²) in [5, 5.41) is 1.07. The molecule has 20 heavy (non-hydrogen) atoms. The largest absolute Gasteiger partial charge is 0.338 e. The van der Waals surface area contributed by atoms with Gasteiger partial charge >= 0.3 is 0 Å². The zero-order valence-electron chi connectivity index (χ0n) is 11.1. The van der Waals surface area contributed by atoms with Gasteiger partial charge < -0.3 is 4.90 Å². The van der Waals surface area contributed by atoms with Crippen molar-refractivity contribution in [1.29, 1.82) is 0 Å². The highest BCUT2D eigenvalue weighted by molar-refractivity contribution is 7.20. The second kappa shape index (κ2) is 5.34. The van der Waals surface area contributed by atoms with Gasteiger partial charge in [-0.1, -0.05) is 13.0 Å². The Morgan fingerprint density at radius 1 is 1.45 bits per heavy atom. The van der Waals surface area contributed by atoms with Gasteiger partial charge in [-0.05, 0) is 35.9 Å². The first-order chi connectivity index (χ1) is 9.54. The lowest BCUT2D eigenvalue weighted by molar-refractivity contribution is 0.0692. The Hall–Kier alpha value is -1.13. The SMILES string of the molecule is CC1CN(C(=O)c2cc3ccc(F)cc3s2)CCC1Cl. The number of likely N-dealkylation sites (tertiary alicyclic amines) is 1. The van der Waals surface area contributed by atoms with Crippen LogP contribution in [0.5, 0.6) is 0 Å². The highest BCUT2D eigenvalue weighted by atomic mass is 35.5. The van der Waals surface area contributed by atoms with Gasteiger partial charge in [0.05, 0.1) is 4.88 Å². The van der Waals surface area contributed by atoms with Crippen molar-refractivity contribution in [3.8, 4) is 0 Å². The Morgan fingerprint density at radius 3 is 3.00 bits per heavy atom. The molecule has 0 radical (unpaired) electrons. The van der Waals surface area contributed by atoms with E-state index in [0.717, 1.165) is 16.5 Å². The van der Waals surface area contributed by atoms with Crippen LogP contribution in [0.25, 0.3) is 10.1 Å². The van der Waals surface area contributed by atoms with E-state index in [9.17, 15) is 9.18 Å². The van der Waals surface area contributed by atoms with Gasteiger partial charge in [0.1, 0.15) is 5.82 Å². The van der Waals surface area contributed by atoms with E-state index in [1.807, 2.05) is 11.0 Å². The molecule has 0 spiro atoms. The van der Waals surface area contributed by atoms with Crippen LogP contribution in [-0.4, -0.2) is 29.3 Å². The predicted octanol–water partition coefficient (Wildman–Crippen LogP) is 4.13. The molecule has 0 bridgehead atoms. The summed E-state index contributed by atoms with van der Waals surface area (Å²) in [5.74, 6) is 0.0677. The lowest BCUT2D eigenvalue weighted by Gasteiger charge is -2.33. The van der Waals surface area contributed by atoms with Crippen molar-refractivity contribution in [2.24, 2.45) is 5.92 Å². The Bertz CT molecular complexity index is 656. The summed E-state index contributed by atoms with van der Waals surface area (Å²) in [5.41, 5.74) is 0. The topological polar surface area (TPSA) is 20.3 Å². The molecule has 1 saturated heterocycles. The molecule has 1 aromatic heterocycles. The van der Waals surface area contributed by atoms with Crippen LogP contribution < -0.4 is 0 Å². The molecule has 106 valence electrons. The summed E-state index contributed by atoms with van der Waals surface area (Å²) >= 11 is 7.54. The van der Waals surface area contributed by atoms with E-state index in [0.29, 0.717) is 23.9 Å². The molecule has 1 aliphatic rings. The van der Waals surface area contributed by atoms with Gasteiger partial charge in [0.2, 0.25) is 0 Å². The van der Waals surface area contributed by atoms with Gasteiger partial charge in [0, 0.05) is 23.2 Å². The van der Waals surface area contributed by atoms with E-state index >= 15 is 0 Å². The Balaban J connectivity index is 1.85. The molecule has 0 aliphatic carbocycles. The summed E-state index contributed by atoms with van der Waals surface area (Å²) in [6.45, 7) is 3.45. The van der Waals surface area contributed by atoms with Crippen molar-refractivity contribution in [1.82, 2.24) is 4.90 Å². The second-order valence-corrected chi connectivity index (χ2v) is 6.97. The molecule has 2 nitrogen and oxygen atoms in total. The fourth-order valence-electron chi connectivity index (χ4n) is 2.57. The first-order valence-electron chi connectivity index (χ1n) is 6.67. The molecule has 5 heteroatoms. The summed E-state index contributed by atoms with van der Waals surface area (Å²) in [6.07, 6.45) is 0.827. The number of rotatable bonds is 1. The first-order valence-corrected chi connectivity index (χ1v) is 7.92. The molecule has 2 unspecified atom stereocenters. The number of fused-ring (bicyclic) bond motifs is 1. The number of benzene rings is 1. The molecule has 1 fully saturated rings. The minimum atomic E-state index is -0.269. The van der Waals surface area contributed by atoms with Crippen LogP contribution >= 0.6 is 22.9 Å². The highest BCUT2D eigenvalue weighted by Crippen LogP contribution is 2.29. The number of hydrogen-bond donors (Lipinski definition) is 0. The number of thiophene rings is 1. The third-order valence-electron chi connectivity index (χ3n) is 3.78. The van der Waals surface area contributed by atoms with Crippen LogP contribution in [0.1, 0.15) is 23.0 Å². The molecule has 0 N–H and O–H groups in total. The number of alkyl halides is 1. The fraction of sp³-hybridized carbons (Fsp3) is 0.400. The smallest absolute Gasteiger partial charge is 0.263 e. The number of hydrogen-bond acceptors (Lipinski definition) is 2. The number of halogens is 2.